The molecule has 5 rings (SSSR count). The zero-order valence-electron chi connectivity index (χ0n) is 26.2. The number of piperazine rings is 1. The maximum absolute atomic E-state index is 13.7. The van der Waals surface area contributed by atoms with Crippen LogP contribution in [0.25, 0.3) is 0 Å². The largest absolute Gasteiger partial charge is 0.368 e. The third-order valence-electron chi connectivity index (χ3n) is 8.50. The Kier molecular flexibility index (Phi) is 8.78. The molecular formula is C33H42N8O3. The number of amides is 4. The van der Waals surface area contributed by atoms with E-state index in [4.69, 9.17) is 0 Å². The summed E-state index contributed by atoms with van der Waals surface area (Å²) >= 11 is 0. The molecule has 3 heterocycles. The van der Waals surface area contributed by atoms with Crippen LogP contribution in [0.4, 0.5) is 16.3 Å². The molecule has 11 nitrogen and oxygen atoms in total. The Morgan fingerprint density at radius 2 is 1.68 bits per heavy atom. The molecule has 0 spiro atoms. The molecule has 2 N–H and O–H groups in total. The summed E-state index contributed by atoms with van der Waals surface area (Å²) in [7, 11) is 5.81. The van der Waals surface area contributed by atoms with Crippen molar-refractivity contribution in [3.8, 4) is 0 Å². The number of urea groups is 1. The lowest BCUT2D eigenvalue weighted by Gasteiger charge is -2.35. The molecule has 0 radical (unpaired) electrons. The number of carbonyl (C=O) groups excluding carboxylic acids is 3. The van der Waals surface area contributed by atoms with Crippen molar-refractivity contribution in [1.29, 1.82) is 0 Å². The number of rotatable bonds is 8. The van der Waals surface area contributed by atoms with Crippen LogP contribution in [0.2, 0.25) is 0 Å². The van der Waals surface area contributed by atoms with Crippen molar-refractivity contribution >= 4 is 29.4 Å². The van der Waals surface area contributed by atoms with Crippen molar-refractivity contribution in [3.63, 3.8) is 0 Å². The van der Waals surface area contributed by atoms with E-state index in [1.165, 1.54) is 6.08 Å². The number of nitrogens with zero attached hydrogens (tertiary/aromatic N) is 6. The number of benzene rings is 2. The molecule has 0 aliphatic carbocycles. The smallest absolute Gasteiger partial charge is 0.319 e. The second-order valence-electron chi connectivity index (χ2n) is 12.1. The average Bonchev–Trinajstić information content (AvgIpc) is 3.49. The van der Waals surface area contributed by atoms with Crippen LogP contribution < -0.4 is 15.5 Å². The molecule has 1 atom stereocenters. The highest BCUT2D eigenvalue weighted by Crippen LogP contribution is 2.42. The van der Waals surface area contributed by atoms with Gasteiger partial charge < -0.3 is 30.2 Å². The Labute approximate surface area is 259 Å². The monoisotopic (exact) mass is 598 g/mol. The second kappa shape index (κ2) is 12.5. The molecule has 44 heavy (non-hydrogen) atoms. The van der Waals surface area contributed by atoms with E-state index in [1.807, 2.05) is 77.5 Å². The van der Waals surface area contributed by atoms with Crippen LogP contribution in [-0.4, -0.2) is 89.1 Å². The Balaban J connectivity index is 1.27. The Morgan fingerprint density at radius 1 is 1.02 bits per heavy atom. The summed E-state index contributed by atoms with van der Waals surface area (Å²) in [5.41, 5.74) is 3.61. The van der Waals surface area contributed by atoms with E-state index < -0.39 is 5.54 Å². The molecule has 4 amide bonds. The molecule has 0 unspecified atom stereocenters. The van der Waals surface area contributed by atoms with Crippen LogP contribution in [0.15, 0.2) is 67.3 Å². The molecule has 1 fully saturated rings. The lowest BCUT2D eigenvalue weighted by atomic mass is 10.0. The van der Waals surface area contributed by atoms with Crippen molar-refractivity contribution < 1.29 is 14.4 Å². The van der Waals surface area contributed by atoms with Gasteiger partial charge in [-0.05, 0) is 63.8 Å². The fourth-order valence-electron chi connectivity index (χ4n) is 6.22. The van der Waals surface area contributed by atoms with Crippen molar-refractivity contribution in [2.45, 2.75) is 32.0 Å². The summed E-state index contributed by atoms with van der Waals surface area (Å²) in [5.74, 6) is 0.135. The summed E-state index contributed by atoms with van der Waals surface area (Å²) in [5, 5.41) is 10.9. The topological polar surface area (TPSA) is 106 Å². The summed E-state index contributed by atoms with van der Waals surface area (Å²) in [4.78, 5) is 46.8. The molecule has 232 valence electrons. The number of aryl methyl sites for hydroxylation is 1. The minimum absolute atomic E-state index is 0.0504. The van der Waals surface area contributed by atoms with Crippen molar-refractivity contribution in [3.05, 3.63) is 89.6 Å². The highest BCUT2D eigenvalue weighted by molar-refractivity contribution is 6.04. The normalized spacial score (nSPS) is 16.5. The van der Waals surface area contributed by atoms with Gasteiger partial charge in [0.1, 0.15) is 0 Å². The summed E-state index contributed by atoms with van der Waals surface area (Å²) in [6.45, 7) is 11.2. The van der Waals surface area contributed by atoms with Gasteiger partial charge in [-0.3, -0.25) is 14.3 Å². The molecule has 2 aliphatic heterocycles. The predicted octanol–water partition coefficient (Wildman–Crippen LogP) is 3.57. The molecule has 1 saturated heterocycles. The van der Waals surface area contributed by atoms with Gasteiger partial charge in [0.25, 0.3) is 5.91 Å². The summed E-state index contributed by atoms with van der Waals surface area (Å²) < 4.78 is 1.76. The van der Waals surface area contributed by atoms with Gasteiger partial charge in [0.15, 0.2) is 5.82 Å². The van der Waals surface area contributed by atoms with Gasteiger partial charge in [-0.1, -0.05) is 36.9 Å². The zero-order chi connectivity index (χ0) is 31.6. The first kappa shape index (κ1) is 30.8. The number of hydrogen-bond donors (Lipinski definition) is 2. The van der Waals surface area contributed by atoms with Crippen LogP contribution in [0.1, 0.15) is 47.1 Å². The van der Waals surface area contributed by atoms with E-state index in [0.717, 1.165) is 22.5 Å². The van der Waals surface area contributed by atoms with Gasteiger partial charge in [-0.15, -0.1) is 0 Å². The Morgan fingerprint density at radius 3 is 2.30 bits per heavy atom. The average molecular weight is 599 g/mol. The molecule has 11 heteroatoms. The molecular weight excluding hydrogens is 556 g/mol. The second-order valence-corrected chi connectivity index (χ2v) is 12.1. The number of carbonyl (C=O) groups is 3. The highest BCUT2D eigenvalue weighted by atomic mass is 16.2. The summed E-state index contributed by atoms with van der Waals surface area (Å²) in [6.07, 6.45) is 1.35. The zero-order valence-corrected chi connectivity index (χ0v) is 26.2. The molecule has 0 bridgehead atoms. The van der Waals surface area contributed by atoms with Crippen molar-refractivity contribution in [2.24, 2.45) is 7.05 Å². The molecule has 3 aromatic rings. The van der Waals surface area contributed by atoms with E-state index in [2.05, 4.69) is 32.1 Å². The molecule has 1 aromatic heterocycles. The maximum Gasteiger partial charge on any atom is 0.319 e. The fourth-order valence-corrected chi connectivity index (χ4v) is 6.22. The van der Waals surface area contributed by atoms with E-state index in [0.29, 0.717) is 50.6 Å². The lowest BCUT2D eigenvalue weighted by Crippen LogP contribution is -2.49. The van der Waals surface area contributed by atoms with Gasteiger partial charge in [-0.25, -0.2) is 4.79 Å². The molecule has 0 saturated carbocycles. The number of likely N-dealkylation sites (N-methyl/N-ethyl adjacent to an activating group) is 1. The van der Waals surface area contributed by atoms with Crippen LogP contribution >= 0.6 is 0 Å². The van der Waals surface area contributed by atoms with Gasteiger partial charge in [0.05, 0.1) is 23.8 Å². The Bertz CT molecular complexity index is 1520. The number of fused-ring (bicyclic) bond motifs is 1. The first-order chi connectivity index (χ1) is 21.0. The van der Waals surface area contributed by atoms with Crippen LogP contribution in [0, 0.1) is 0 Å². The van der Waals surface area contributed by atoms with Gasteiger partial charge in [-0.2, -0.15) is 5.10 Å². The van der Waals surface area contributed by atoms with Crippen LogP contribution in [-0.2, 0) is 23.9 Å². The highest BCUT2D eigenvalue weighted by Gasteiger charge is 2.45. The molecule has 2 aliphatic rings. The lowest BCUT2D eigenvalue weighted by molar-refractivity contribution is -0.126. The predicted molar refractivity (Wildman–Crippen MR) is 171 cm³/mol. The number of nitrogens with one attached hydrogen (secondary N) is 2. The minimum Gasteiger partial charge on any atom is -0.368 e. The third-order valence-corrected chi connectivity index (χ3v) is 8.50. The van der Waals surface area contributed by atoms with Gasteiger partial charge in [0.2, 0.25) is 5.91 Å². The summed E-state index contributed by atoms with van der Waals surface area (Å²) in [6, 6.07) is 17.0. The molecule has 2 aromatic carbocycles. The van der Waals surface area contributed by atoms with Crippen molar-refractivity contribution in [2.75, 3.05) is 57.0 Å². The SMILES string of the molecule is C=CC(=O)N1CCN(c2ccc(C(=O)Nc3nn(C)c4c3CN(C(=O)N[C@H](CN(C)C)c3ccccc3)C4(C)C)cc2)CC1. The standard InChI is InChI=1S/C33H42N8O3/c1-7-28(42)40-19-17-39(18-20-40)25-15-13-24(14-16-25)31(43)35-30-26-21-41(33(2,3)29(26)38(6)36-30)32(44)34-27(22-37(4)5)23-11-9-8-10-12-23/h7-16,27H,1,17-22H2,2-6H3,(H,34,44)(H,35,36,43)/t27-/m1/s1. The maximum atomic E-state index is 13.7. The van der Waals surface area contributed by atoms with Crippen molar-refractivity contribution in [1.82, 2.24) is 29.8 Å². The van der Waals surface area contributed by atoms with E-state index >= 15 is 0 Å². The Hall–Kier alpha value is -4.64. The van der Waals surface area contributed by atoms with Crippen LogP contribution in [0.3, 0.4) is 0 Å². The number of hydrogen-bond acceptors (Lipinski definition) is 6. The van der Waals surface area contributed by atoms with E-state index in [9.17, 15) is 14.4 Å². The first-order valence-corrected chi connectivity index (χ1v) is 14.9. The quantitative estimate of drug-likeness (QED) is 0.384. The van der Waals surface area contributed by atoms with Gasteiger partial charge in [0, 0.05) is 56.6 Å². The van der Waals surface area contributed by atoms with E-state index in [-0.39, 0.29) is 23.9 Å². The minimum atomic E-state index is -0.647. The fraction of sp³-hybridized carbons (Fsp3) is 0.394. The first-order valence-electron chi connectivity index (χ1n) is 14.9. The van der Waals surface area contributed by atoms with E-state index in [1.54, 1.807) is 26.6 Å². The van der Waals surface area contributed by atoms with Crippen LogP contribution in [0.5, 0.6) is 0 Å². The number of aromatic nitrogens is 2. The van der Waals surface area contributed by atoms with Gasteiger partial charge >= 0.3 is 6.03 Å². The number of anilines is 2. The third kappa shape index (κ3) is 6.19.